The van der Waals surface area contributed by atoms with Gasteiger partial charge in [0.1, 0.15) is 0 Å². The van der Waals surface area contributed by atoms with Crippen LogP contribution in [0.25, 0.3) is 0 Å². The Labute approximate surface area is 139 Å². The lowest BCUT2D eigenvalue weighted by Crippen LogP contribution is -2.47. The second-order valence-electron chi connectivity index (χ2n) is 6.64. The molecule has 0 aromatic carbocycles. The lowest BCUT2D eigenvalue weighted by atomic mass is 10.1. The van der Waals surface area contributed by atoms with Gasteiger partial charge in [-0.1, -0.05) is 0 Å². The lowest BCUT2D eigenvalue weighted by Gasteiger charge is -2.35. The zero-order chi connectivity index (χ0) is 16.8. The van der Waals surface area contributed by atoms with E-state index in [2.05, 4.69) is 42.2 Å². The number of carbonyl (C=O) groups excluding carboxylic acids is 1. The van der Waals surface area contributed by atoms with E-state index >= 15 is 0 Å². The molecule has 0 radical (unpaired) electrons. The van der Waals surface area contributed by atoms with Crippen LogP contribution in [-0.4, -0.2) is 59.0 Å². The Bertz CT molecular complexity index is 513. The summed E-state index contributed by atoms with van der Waals surface area (Å²) in [6, 6.07) is 2.57. The lowest BCUT2D eigenvalue weighted by molar-refractivity contribution is -0.126. The third kappa shape index (κ3) is 5.62. The summed E-state index contributed by atoms with van der Waals surface area (Å²) >= 11 is 0. The Morgan fingerprint density at radius 2 is 2.26 bits per heavy atom. The van der Waals surface area contributed by atoms with Crippen LogP contribution < -0.4 is 5.32 Å². The molecular formula is C17H30N4O2. The van der Waals surface area contributed by atoms with E-state index in [0.717, 1.165) is 31.7 Å². The number of morpholine rings is 1. The van der Waals surface area contributed by atoms with Gasteiger partial charge in [-0.2, -0.15) is 5.10 Å². The molecule has 1 N–H and O–H groups in total. The predicted molar refractivity (Wildman–Crippen MR) is 90.4 cm³/mol. The topological polar surface area (TPSA) is 59.4 Å². The van der Waals surface area contributed by atoms with Crippen molar-refractivity contribution >= 4 is 5.91 Å². The van der Waals surface area contributed by atoms with Gasteiger partial charge < -0.3 is 10.1 Å². The molecule has 2 rings (SSSR count). The first-order chi connectivity index (χ1) is 11.0. The maximum atomic E-state index is 12.0. The summed E-state index contributed by atoms with van der Waals surface area (Å²) in [5, 5.41) is 7.42. The summed E-state index contributed by atoms with van der Waals surface area (Å²) in [5.74, 6) is 0.0778. The Morgan fingerprint density at radius 1 is 1.48 bits per heavy atom. The van der Waals surface area contributed by atoms with Crippen LogP contribution in [0.3, 0.4) is 0 Å². The van der Waals surface area contributed by atoms with E-state index in [4.69, 9.17) is 4.74 Å². The van der Waals surface area contributed by atoms with Crippen LogP contribution in [-0.2, 0) is 16.1 Å². The molecule has 0 spiro atoms. The molecule has 1 atom stereocenters. The van der Waals surface area contributed by atoms with Gasteiger partial charge in [-0.3, -0.25) is 14.4 Å². The van der Waals surface area contributed by atoms with Crippen LogP contribution in [0, 0.1) is 13.8 Å². The van der Waals surface area contributed by atoms with Crippen molar-refractivity contribution in [2.45, 2.75) is 59.2 Å². The van der Waals surface area contributed by atoms with Gasteiger partial charge in [0.05, 0.1) is 24.8 Å². The normalized spacial score (nSPS) is 19.3. The van der Waals surface area contributed by atoms with Crippen molar-refractivity contribution in [2.24, 2.45) is 0 Å². The molecule has 1 amide bonds. The average molecular weight is 322 g/mol. The van der Waals surface area contributed by atoms with Gasteiger partial charge in [-0.15, -0.1) is 0 Å². The summed E-state index contributed by atoms with van der Waals surface area (Å²) < 4.78 is 7.70. The van der Waals surface area contributed by atoms with Crippen LogP contribution in [0.1, 0.15) is 38.1 Å². The van der Waals surface area contributed by atoms with Gasteiger partial charge in [0.15, 0.2) is 0 Å². The van der Waals surface area contributed by atoms with E-state index in [-0.39, 0.29) is 12.0 Å². The smallest absolute Gasteiger partial charge is 0.222 e. The summed E-state index contributed by atoms with van der Waals surface area (Å²) in [6.45, 7) is 12.4. The van der Waals surface area contributed by atoms with Crippen molar-refractivity contribution in [3.05, 3.63) is 17.5 Å². The molecule has 6 nitrogen and oxygen atoms in total. The molecule has 1 fully saturated rings. The van der Waals surface area contributed by atoms with E-state index in [9.17, 15) is 4.79 Å². The third-order valence-corrected chi connectivity index (χ3v) is 4.29. The molecule has 0 bridgehead atoms. The Morgan fingerprint density at radius 3 is 2.91 bits per heavy atom. The van der Waals surface area contributed by atoms with Crippen molar-refractivity contribution in [3.63, 3.8) is 0 Å². The maximum absolute atomic E-state index is 12.0. The number of rotatable bonds is 7. The minimum Gasteiger partial charge on any atom is -0.375 e. The van der Waals surface area contributed by atoms with E-state index < -0.39 is 0 Å². The van der Waals surface area contributed by atoms with Crippen molar-refractivity contribution in [2.75, 3.05) is 26.2 Å². The van der Waals surface area contributed by atoms with E-state index in [0.29, 0.717) is 25.6 Å². The highest BCUT2D eigenvalue weighted by atomic mass is 16.5. The monoisotopic (exact) mass is 322 g/mol. The van der Waals surface area contributed by atoms with E-state index in [1.165, 1.54) is 5.69 Å². The average Bonchev–Trinajstić information content (AvgIpc) is 2.82. The fourth-order valence-electron chi connectivity index (χ4n) is 2.97. The first-order valence-corrected chi connectivity index (χ1v) is 8.59. The fourth-order valence-corrected chi connectivity index (χ4v) is 2.97. The van der Waals surface area contributed by atoms with E-state index in [1.54, 1.807) is 0 Å². The number of nitrogens with zero attached hydrogens (tertiary/aromatic N) is 3. The highest BCUT2D eigenvalue weighted by molar-refractivity contribution is 5.76. The molecule has 23 heavy (non-hydrogen) atoms. The van der Waals surface area contributed by atoms with Gasteiger partial charge in [0.25, 0.3) is 0 Å². The number of hydrogen-bond donors (Lipinski definition) is 1. The zero-order valence-electron chi connectivity index (χ0n) is 14.8. The molecule has 2 heterocycles. The minimum atomic E-state index is 0.0159. The standard InChI is InChI=1S/C17H30N4O2/c1-13(2)20-8-9-23-16(12-20)11-17(22)18-6-5-7-21-15(4)10-14(3)19-21/h10,13,16H,5-9,11-12H2,1-4H3,(H,18,22)/t16-/m1/s1. The summed E-state index contributed by atoms with van der Waals surface area (Å²) in [4.78, 5) is 14.4. The summed E-state index contributed by atoms with van der Waals surface area (Å²) in [5.41, 5.74) is 2.20. The first kappa shape index (κ1) is 17.9. The minimum absolute atomic E-state index is 0.0159. The quantitative estimate of drug-likeness (QED) is 0.773. The number of aryl methyl sites for hydroxylation is 3. The van der Waals surface area contributed by atoms with Crippen molar-refractivity contribution in [3.8, 4) is 0 Å². The number of amides is 1. The highest BCUT2D eigenvalue weighted by Gasteiger charge is 2.24. The Balaban J connectivity index is 1.64. The van der Waals surface area contributed by atoms with Crippen LogP contribution in [0.2, 0.25) is 0 Å². The van der Waals surface area contributed by atoms with Crippen LogP contribution in [0.5, 0.6) is 0 Å². The predicted octanol–water partition coefficient (Wildman–Crippen LogP) is 1.51. The SMILES string of the molecule is Cc1cc(C)n(CCCNC(=O)C[C@@H]2CN(C(C)C)CCO2)n1. The van der Waals surface area contributed by atoms with Crippen molar-refractivity contribution in [1.29, 1.82) is 0 Å². The summed E-state index contributed by atoms with van der Waals surface area (Å²) in [7, 11) is 0. The molecule has 0 unspecified atom stereocenters. The second kappa shape index (κ2) is 8.45. The van der Waals surface area contributed by atoms with Gasteiger partial charge in [-0.25, -0.2) is 0 Å². The van der Waals surface area contributed by atoms with Crippen molar-refractivity contribution in [1.82, 2.24) is 20.0 Å². The molecule has 1 aliphatic rings. The number of ether oxygens (including phenoxy) is 1. The number of nitrogens with one attached hydrogen (secondary N) is 1. The highest BCUT2D eigenvalue weighted by Crippen LogP contribution is 2.11. The number of carbonyl (C=O) groups is 1. The van der Waals surface area contributed by atoms with E-state index in [1.807, 2.05) is 11.6 Å². The van der Waals surface area contributed by atoms with Crippen LogP contribution in [0.4, 0.5) is 0 Å². The Kier molecular flexibility index (Phi) is 6.59. The molecule has 1 aromatic rings. The Hall–Kier alpha value is -1.40. The van der Waals surface area contributed by atoms with Crippen LogP contribution in [0.15, 0.2) is 6.07 Å². The molecule has 1 aromatic heterocycles. The van der Waals surface area contributed by atoms with Gasteiger partial charge >= 0.3 is 0 Å². The molecule has 6 heteroatoms. The maximum Gasteiger partial charge on any atom is 0.222 e. The number of hydrogen-bond acceptors (Lipinski definition) is 4. The zero-order valence-corrected chi connectivity index (χ0v) is 14.8. The molecule has 0 saturated carbocycles. The summed E-state index contributed by atoms with van der Waals surface area (Å²) in [6.07, 6.45) is 1.35. The third-order valence-electron chi connectivity index (χ3n) is 4.29. The van der Waals surface area contributed by atoms with Crippen LogP contribution >= 0.6 is 0 Å². The first-order valence-electron chi connectivity index (χ1n) is 8.59. The molecule has 1 saturated heterocycles. The molecule has 1 aliphatic heterocycles. The second-order valence-corrected chi connectivity index (χ2v) is 6.64. The van der Waals surface area contributed by atoms with Gasteiger partial charge in [0.2, 0.25) is 5.91 Å². The fraction of sp³-hybridized carbons (Fsp3) is 0.765. The molecular weight excluding hydrogens is 292 g/mol. The molecule has 0 aliphatic carbocycles. The van der Waals surface area contributed by atoms with Gasteiger partial charge in [-0.05, 0) is 40.2 Å². The number of aromatic nitrogens is 2. The van der Waals surface area contributed by atoms with Crippen molar-refractivity contribution < 1.29 is 9.53 Å². The molecule has 130 valence electrons. The van der Waals surface area contributed by atoms with Gasteiger partial charge in [0, 0.05) is 37.9 Å². The largest absolute Gasteiger partial charge is 0.375 e.